The highest BCUT2D eigenvalue weighted by Crippen LogP contribution is 2.27. The summed E-state index contributed by atoms with van der Waals surface area (Å²) in [5.41, 5.74) is 4.03. The first-order valence-corrected chi connectivity index (χ1v) is 9.74. The maximum Gasteiger partial charge on any atom is 0.235 e. The average Bonchev–Trinajstić information content (AvgIpc) is 3.17. The molecule has 0 saturated carbocycles. The van der Waals surface area contributed by atoms with Crippen molar-refractivity contribution in [2.45, 2.75) is 20.2 Å². The van der Waals surface area contributed by atoms with Crippen molar-refractivity contribution in [3.8, 4) is 17.0 Å². The van der Waals surface area contributed by atoms with Crippen molar-refractivity contribution >= 4 is 22.3 Å². The third-order valence-electron chi connectivity index (χ3n) is 4.85. The molecule has 0 bridgehead atoms. The molecular weight excluding hydrogens is 379 g/mol. The molecule has 30 heavy (non-hydrogen) atoms. The number of fused-ring (bicyclic) bond motifs is 1. The molecule has 5 nitrogen and oxygen atoms in total. The predicted molar refractivity (Wildman–Crippen MR) is 121 cm³/mol. The Labute approximate surface area is 176 Å². The van der Waals surface area contributed by atoms with Crippen LogP contribution in [0.4, 0.5) is 10.2 Å². The van der Waals surface area contributed by atoms with Crippen LogP contribution in [0.2, 0.25) is 0 Å². The van der Waals surface area contributed by atoms with Crippen molar-refractivity contribution in [2.24, 2.45) is 7.05 Å². The number of anilines is 1. The molecule has 0 saturated heterocycles. The number of hydrogen-bond acceptors (Lipinski definition) is 4. The van der Waals surface area contributed by atoms with Crippen molar-refractivity contribution in [1.29, 1.82) is 0 Å². The summed E-state index contributed by atoms with van der Waals surface area (Å²) in [6.45, 7) is 3.32. The SMILES string of the molecule is C/C=C(/Nc1cc2cc(-c3cncn3C)ccc2cn1)c1ccc(OC(C)F)cc1.[HH]. The summed E-state index contributed by atoms with van der Waals surface area (Å²) in [5.74, 6) is 1.24. The molecule has 0 radical (unpaired) electrons. The molecule has 1 N–H and O–H groups in total. The highest BCUT2D eigenvalue weighted by molar-refractivity contribution is 5.89. The van der Waals surface area contributed by atoms with Gasteiger partial charge in [0.2, 0.25) is 6.36 Å². The van der Waals surface area contributed by atoms with Crippen LogP contribution in [0.3, 0.4) is 0 Å². The van der Waals surface area contributed by atoms with Gasteiger partial charge in [0, 0.05) is 38.2 Å². The molecule has 2 aromatic carbocycles. The van der Waals surface area contributed by atoms with E-state index in [1.54, 1.807) is 18.5 Å². The van der Waals surface area contributed by atoms with Gasteiger partial charge < -0.3 is 14.6 Å². The van der Waals surface area contributed by atoms with Crippen LogP contribution in [0.15, 0.2) is 73.3 Å². The summed E-state index contributed by atoms with van der Waals surface area (Å²) in [5, 5.41) is 5.53. The molecule has 1 unspecified atom stereocenters. The predicted octanol–water partition coefficient (Wildman–Crippen LogP) is 6.05. The molecule has 4 rings (SSSR count). The number of imidazole rings is 1. The second-order valence-electron chi connectivity index (χ2n) is 7.03. The highest BCUT2D eigenvalue weighted by atomic mass is 19.1. The number of aromatic nitrogens is 3. The fourth-order valence-electron chi connectivity index (χ4n) is 3.35. The van der Waals surface area contributed by atoms with E-state index in [2.05, 4.69) is 33.5 Å². The smallest absolute Gasteiger partial charge is 0.235 e. The quantitative estimate of drug-likeness (QED) is 0.425. The molecule has 154 valence electrons. The maximum atomic E-state index is 13.0. The molecule has 0 aliphatic heterocycles. The fourth-order valence-corrected chi connectivity index (χ4v) is 3.35. The third kappa shape index (κ3) is 4.17. The topological polar surface area (TPSA) is 52.0 Å². The van der Waals surface area contributed by atoms with Crippen molar-refractivity contribution in [3.63, 3.8) is 0 Å². The zero-order chi connectivity index (χ0) is 21.1. The summed E-state index contributed by atoms with van der Waals surface area (Å²) in [4.78, 5) is 8.75. The van der Waals surface area contributed by atoms with Gasteiger partial charge in [-0.2, -0.15) is 0 Å². The summed E-state index contributed by atoms with van der Waals surface area (Å²) < 4.78 is 20.1. The molecule has 0 spiro atoms. The lowest BCUT2D eigenvalue weighted by Crippen LogP contribution is -2.04. The van der Waals surface area contributed by atoms with Gasteiger partial charge >= 0.3 is 0 Å². The molecule has 0 aliphatic rings. The third-order valence-corrected chi connectivity index (χ3v) is 4.85. The first-order chi connectivity index (χ1) is 14.5. The van der Waals surface area contributed by atoms with Crippen LogP contribution >= 0.6 is 0 Å². The van der Waals surface area contributed by atoms with Gasteiger partial charge in [-0.1, -0.05) is 18.2 Å². The molecule has 1 atom stereocenters. The second-order valence-corrected chi connectivity index (χ2v) is 7.03. The van der Waals surface area contributed by atoms with Crippen molar-refractivity contribution in [1.82, 2.24) is 14.5 Å². The fraction of sp³-hybridized carbons (Fsp3) is 0.167. The van der Waals surface area contributed by atoms with Gasteiger partial charge in [0.1, 0.15) is 11.6 Å². The van der Waals surface area contributed by atoms with E-state index in [1.807, 2.05) is 55.2 Å². The van der Waals surface area contributed by atoms with Crippen LogP contribution in [0.5, 0.6) is 5.75 Å². The van der Waals surface area contributed by atoms with E-state index in [-0.39, 0.29) is 1.43 Å². The van der Waals surface area contributed by atoms with Gasteiger partial charge in [0.25, 0.3) is 0 Å². The molecule has 4 aromatic rings. The first-order valence-electron chi connectivity index (χ1n) is 9.74. The summed E-state index contributed by atoms with van der Waals surface area (Å²) in [6, 6.07) is 15.6. The molecule has 0 fully saturated rings. The average molecular weight is 404 g/mol. The lowest BCUT2D eigenvalue weighted by atomic mass is 10.1. The lowest BCUT2D eigenvalue weighted by Gasteiger charge is -2.13. The van der Waals surface area contributed by atoms with Gasteiger partial charge in [0.05, 0.1) is 18.2 Å². The minimum atomic E-state index is -1.34. The Morgan fingerprint density at radius 3 is 2.60 bits per heavy atom. The lowest BCUT2D eigenvalue weighted by molar-refractivity contribution is 0.0860. The van der Waals surface area contributed by atoms with E-state index in [0.29, 0.717) is 5.75 Å². The summed E-state index contributed by atoms with van der Waals surface area (Å²) >= 11 is 0. The second kappa shape index (κ2) is 8.37. The van der Waals surface area contributed by atoms with Crippen LogP contribution in [0.25, 0.3) is 27.7 Å². The van der Waals surface area contributed by atoms with Crippen molar-refractivity contribution in [2.75, 3.05) is 5.32 Å². The standard InChI is InChI=1S/C24H23FN4O.H2/c1-4-22(17-7-9-21(10-8-17)30-16(2)25)28-24-12-20-11-18(5-6-19(20)13-27-24)23-14-26-15-29(23)3;/h4-16H,1-3H3,(H,27,28);1H/b22-4+;. The number of pyridine rings is 1. The Bertz CT molecular complexity index is 1200. The van der Waals surface area contributed by atoms with Gasteiger partial charge in [-0.3, -0.25) is 0 Å². The van der Waals surface area contributed by atoms with E-state index in [9.17, 15) is 4.39 Å². The van der Waals surface area contributed by atoms with Gasteiger partial charge in [0.15, 0.2) is 0 Å². The molecule has 0 aliphatic carbocycles. The Hall–Kier alpha value is -3.67. The van der Waals surface area contributed by atoms with Crippen LogP contribution in [0, 0.1) is 0 Å². The van der Waals surface area contributed by atoms with Crippen LogP contribution in [-0.4, -0.2) is 20.9 Å². The Morgan fingerprint density at radius 1 is 1.13 bits per heavy atom. The van der Waals surface area contributed by atoms with E-state index in [1.165, 1.54) is 6.92 Å². The number of nitrogens with one attached hydrogen (secondary N) is 1. The van der Waals surface area contributed by atoms with Gasteiger partial charge in [-0.25, -0.2) is 14.4 Å². The molecular formula is C24H25FN4O. The van der Waals surface area contributed by atoms with E-state index in [4.69, 9.17) is 4.74 Å². The molecule has 0 amide bonds. The molecule has 2 aromatic heterocycles. The molecule has 2 heterocycles. The first kappa shape index (κ1) is 19.6. The van der Waals surface area contributed by atoms with Gasteiger partial charge in [-0.05, 0) is 54.3 Å². The number of allylic oxidation sites excluding steroid dienone is 1. The van der Waals surface area contributed by atoms with E-state index >= 15 is 0 Å². The number of hydrogen-bond donors (Lipinski definition) is 1. The number of halogens is 1. The van der Waals surface area contributed by atoms with Crippen molar-refractivity contribution < 1.29 is 10.6 Å². The Balaban J connectivity index is 0.00000272. The largest absolute Gasteiger partial charge is 0.461 e. The van der Waals surface area contributed by atoms with Crippen LogP contribution in [0.1, 0.15) is 20.8 Å². The monoisotopic (exact) mass is 404 g/mol. The minimum absolute atomic E-state index is 0. The van der Waals surface area contributed by atoms with Crippen LogP contribution < -0.4 is 10.1 Å². The number of benzene rings is 2. The maximum absolute atomic E-state index is 13.0. The number of nitrogens with zero attached hydrogens (tertiary/aromatic N) is 3. The minimum Gasteiger partial charge on any atom is -0.461 e. The Morgan fingerprint density at radius 2 is 1.93 bits per heavy atom. The molecule has 6 heteroatoms. The van der Waals surface area contributed by atoms with E-state index in [0.717, 1.165) is 39.1 Å². The zero-order valence-electron chi connectivity index (χ0n) is 17.1. The summed E-state index contributed by atoms with van der Waals surface area (Å²) in [7, 11) is 1.98. The summed E-state index contributed by atoms with van der Waals surface area (Å²) in [6.07, 6.45) is 6.15. The van der Waals surface area contributed by atoms with E-state index < -0.39 is 6.36 Å². The van der Waals surface area contributed by atoms with Crippen molar-refractivity contribution in [3.05, 3.63) is 78.9 Å². The van der Waals surface area contributed by atoms with Gasteiger partial charge in [-0.15, -0.1) is 0 Å². The number of rotatable bonds is 6. The normalized spacial score (nSPS) is 12.7. The number of aryl methyl sites for hydroxylation is 1. The zero-order valence-corrected chi connectivity index (χ0v) is 17.1. The van der Waals surface area contributed by atoms with Crippen LogP contribution in [-0.2, 0) is 7.05 Å². The number of alkyl halides is 1. The highest BCUT2D eigenvalue weighted by Gasteiger charge is 2.08. The Kier molecular flexibility index (Phi) is 5.48. The number of ether oxygens (including phenoxy) is 1.